The van der Waals surface area contributed by atoms with Crippen molar-refractivity contribution in [3.63, 3.8) is 0 Å². The summed E-state index contributed by atoms with van der Waals surface area (Å²) >= 11 is 1.85. The second-order valence-electron chi connectivity index (χ2n) is 8.63. The summed E-state index contributed by atoms with van der Waals surface area (Å²) in [4.78, 5) is 4.84. The topological polar surface area (TPSA) is 12.9 Å². The largest absolute Gasteiger partial charge is 0.255 e. The van der Waals surface area contributed by atoms with E-state index in [-0.39, 0.29) is 5.41 Å². The molecule has 0 amide bonds. The van der Waals surface area contributed by atoms with E-state index in [4.69, 9.17) is 4.98 Å². The number of aromatic nitrogens is 1. The first-order valence-electron chi connectivity index (χ1n) is 9.73. The normalized spacial score (nSPS) is 12.3. The number of benzene rings is 3. The summed E-state index contributed by atoms with van der Waals surface area (Å²) in [6, 6.07) is 22.2. The molecule has 0 aliphatic heterocycles. The Hall–Kier alpha value is -2.71. The molecule has 138 valence electrons. The van der Waals surface area contributed by atoms with Crippen molar-refractivity contribution in [2.24, 2.45) is 0 Å². The zero-order valence-corrected chi connectivity index (χ0v) is 17.5. The standard InChI is InChI=1S/C26H23NS/c1-16-9-10-20-21-11-12-27-24(25(21)28-23(20)13-16)18-14-17-7-5-6-8-19(17)22(15-18)26(2,3)4/h5-15H,1-4H3. The van der Waals surface area contributed by atoms with Gasteiger partial charge in [-0.25, -0.2) is 0 Å². The van der Waals surface area contributed by atoms with Gasteiger partial charge in [-0.15, -0.1) is 11.3 Å². The molecule has 0 radical (unpaired) electrons. The molecular weight excluding hydrogens is 358 g/mol. The van der Waals surface area contributed by atoms with E-state index in [0.717, 1.165) is 5.69 Å². The highest BCUT2D eigenvalue weighted by Gasteiger charge is 2.20. The lowest BCUT2D eigenvalue weighted by Gasteiger charge is -2.22. The minimum Gasteiger partial charge on any atom is -0.255 e. The van der Waals surface area contributed by atoms with Crippen LogP contribution in [0.5, 0.6) is 0 Å². The number of aryl methyl sites for hydroxylation is 1. The van der Waals surface area contributed by atoms with E-state index in [0.29, 0.717) is 0 Å². The Morgan fingerprint density at radius 2 is 1.64 bits per heavy atom. The van der Waals surface area contributed by atoms with Gasteiger partial charge in [-0.05, 0) is 58.5 Å². The number of hydrogen-bond donors (Lipinski definition) is 0. The first kappa shape index (κ1) is 17.4. The van der Waals surface area contributed by atoms with E-state index in [1.807, 2.05) is 17.5 Å². The number of nitrogens with zero attached hydrogens (tertiary/aromatic N) is 1. The van der Waals surface area contributed by atoms with E-state index in [2.05, 4.69) is 88.4 Å². The third-order valence-electron chi connectivity index (χ3n) is 5.49. The van der Waals surface area contributed by atoms with Gasteiger partial charge in [0.15, 0.2) is 0 Å². The SMILES string of the molecule is Cc1ccc2c(c1)sc1c(-c3cc(C(C)(C)C)c4ccccc4c3)nccc12. The van der Waals surface area contributed by atoms with Crippen LogP contribution in [0.25, 0.3) is 42.2 Å². The maximum Gasteiger partial charge on any atom is 0.0880 e. The van der Waals surface area contributed by atoms with Crippen molar-refractivity contribution in [2.75, 3.05) is 0 Å². The molecule has 2 heterocycles. The monoisotopic (exact) mass is 381 g/mol. The Morgan fingerprint density at radius 3 is 2.46 bits per heavy atom. The van der Waals surface area contributed by atoms with Gasteiger partial charge in [0.05, 0.1) is 10.4 Å². The fourth-order valence-electron chi connectivity index (χ4n) is 4.08. The van der Waals surface area contributed by atoms with Crippen LogP contribution in [0, 0.1) is 6.92 Å². The van der Waals surface area contributed by atoms with Gasteiger partial charge in [0.1, 0.15) is 0 Å². The van der Waals surface area contributed by atoms with E-state index in [9.17, 15) is 0 Å². The Bertz CT molecular complexity index is 1350. The average molecular weight is 382 g/mol. The second kappa shape index (κ2) is 6.15. The fourth-order valence-corrected chi connectivity index (χ4v) is 5.39. The van der Waals surface area contributed by atoms with Gasteiger partial charge in [-0.3, -0.25) is 4.98 Å². The molecule has 0 saturated carbocycles. The molecular formula is C26H23NS. The van der Waals surface area contributed by atoms with Crippen LogP contribution >= 0.6 is 11.3 Å². The lowest BCUT2D eigenvalue weighted by Crippen LogP contribution is -2.12. The zero-order chi connectivity index (χ0) is 19.5. The van der Waals surface area contributed by atoms with Crippen LogP contribution in [0.4, 0.5) is 0 Å². The summed E-state index contributed by atoms with van der Waals surface area (Å²) in [7, 11) is 0. The van der Waals surface area contributed by atoms with Crippen molar-refractivity contribution in [3.8, 4) is 11.3 Å². The van der Waals surface area contributed by atoms with Crippen LogP contribution in [0.1, 0.15) is 31.9 Å². The number of rotatable bonds is 1. The van der Waals surface area contributed by atoms with Crippen molar-refractivity contribution >= 4 is 42.3 Å². The maximum absolute atomic E-state index is 4.84. The number of fused-ring (bicyclic) bond motifs is 4. The summed E-state index contributed by atoms with van der Waals surface area (Å²) in [6.45, 7) is 9.01. The van der Waals surface area contributed by atoms with Crippen LogP contribution in [0.15, 0.2) is 66.9 Å². The quantitative estimate of drug-likeness (QED) is 0.288. The van der Waals surface area contributed by atoms with Crippen molar-refractivity contribution < 1.29 is 0 Å². The molecule has 0 unspecified atom stereocenters. The van der Waals surface area contributed by atoms with Gasteiger partial charge >= 0.3 is 0 Å². The molecule has 2 aromatic heterocycles. The molecule has 5 rings (SSSR count). The van der Waals surface area contributed by atoms with Crippen molar-refractivity contribution in [1.29, 1.82) is 0 Å². The van der Waals surface area contributed by atoms with E-state index in [1.54, 1.807) is 0 Å². The van der Waals surface area contributed by atoms with Gasteiger partial charge < -0.3 is 0 Å². The van der Waals surface area contributed by atoms with Crippen molar-refractivity contribution in [3.05, 3.63) is 78.0 Å². The van der Waals surface area contributed by atoms with Crippen LogP contribution in [0.3, 0.4) is 0 Å². The molecule has 0 atom stereocenters. The number of thiophene rings is 1. The van der Waals surface area contributed by atoms with Crippen LogP contribution in [-0.4, -0.2) is 4.98 Å². The summed E-state index contributed by atoms with van der Waals surface area (Å²) in [5.74, 6) is 0. The first-order chi connectivity index (χ1) is 13.4. The summed E-state index contributed by atoms with van der Waals surface area (Å²) in [5, 5.41) is 5.24. The molecule has 0 N–H and O–H groups in total. The molecule has 0 spiro atoms. The summed E-state index contributed by atoms with van der Waals surface area (Å²) < 4.78 is 2.61. The molecule has 5 aromatic rings. The smallest absolute Gasteiger partial charge is 0.0880 e. The lowest BCUT2D eigenvalue weighted by atomic mass is 9.82. The Kier molecular flexibility index (Phi) is 3.82. The third-order valence-corrected chi connectivity index (χ3v) is 6.66. The minimum absolute atomic E-state index is 0.0702. The molecule has 0 aliphatic rings. The van der Waals surface area contributed by atoms with Gasteiger partial charge in [0.2, 0.25) is 0 Å². The molecule has 3 aromatic carbocycles. The molecule has 0 saturated heterocycles. The fraction of sp³-hybridized carbons (Fsp3) is 0.192. The van der Waals surface area contributed by atoms with E-state index in [1.165, 1.54) is 47.6 Å². The van der Waals surface area contributed by atoms with Crippen LogP contribution in [-0.2, 0) is 5.41 Å². The molecule has 1 nitrogen and oxygen atoms in total. The van der Waals surface area contributed by atoms with Crippen molar-refractivity contribution in [1.82, 2.24) is 4.98 Å². The van der Waals surface area contributed by atoms with Gasteiger partial charge in [-0.1, -0.05) is 57.2 Å². The molecule has 2 heteroatoms. The zero-order valence-electron chi connectivity index (χ0n) is 16.7. The Labute approximate surface area is 169 Å². The highest BCUT2D eigenvalue weighted by atomic mass is 32.1. The number of pyridine rings is 1. The Morgan fingerprint density at radius 1 is 0.821 bits per heavy atom. The molecule has 0 fully saturated rings. The number of hydrogen-bond acceptors (Lipinski definition) is 2. The molecule has 0 aliphatic carbocycles. The maximum atomic E-state index is 4.84. The van der Waals surface area contributed by atoms with Crippen molar-refractivity contribution in [2.45, 2.75) is 33.1 Å². The van der Waals surface area contributed by atoms with Gasteiger partial charge in [0.25, 0.3) is 0 Å². The summed E-state index contributed by atoms with van der Waals surface area (Å²) in [5.41, 5.74) is 5.04. The minimum atomic E-state index is 0.0702. The predicted octanol–water partition coefficient (Wildman–Crippen LogP) is 7.88. The van der Waals surface area contributed by atoms with Gasteiger partial charge in [0, 0.05) is 27.2 Å². The summed E-state index contributed by atoms with van der Waals surface area (Å²) in [6.07, 6.45) is 1.95. The lowest BCUT2D eigenvalue weighted by molar-refractivity contribution is 0.596. The highest BCUT2D eigenvalue weighted by molar-refractivity contribution is 7.26. The molecule has 28 heavy (non-hydrogen) atoms. The first-order valence-corrected chi connectivity index (χ1v) is 10.5. The third kappa shape index (κ3) is 2.71. The molecule has 0 bridgehead atoms. The average Bonchev–Trinajstić information content (AvgIpc) is 3.03. The highest BCUT2D eigenvalue weighted by Crippen LogP contribution is 2.41. The second-order valence-corrected chi connectivity index (χ2v) is 9.69. The predicted molar refractivity (Wildman–Crippen MR) is 124 cm³/mol. The van der Waals surface area contributed by atoms with Crippen LogP contribution in [0.2, 0.25) is 0 Å². The van der Waals surface area contributed by atoms with E-state index >= 15 is 0 Å². The van der Waals surface area contributed by atoms with E-state index < -0.39 is 0 Å². The van der Waals surface area contributed by atoms with Gasteiger partial charge in [-0.2, -0.15) is 0 Å². The van der Waals surface area contributed by atoms with Crippen LogP contribution < -0.4 is 0 Å². The Balaban J connectivity index is 1.85.